The van der Waals surface area contributed by atoms with E-state index in [0.29, 0.717) is 35.1 Å². The number of benzene rings is 1. The van der Waals surface area contributed by atoms with Crippen molar-refractivity contribution in [3.63, 3.8) is 0 Å². The van der Waals surface area contributed by atoms with Crippen LogP contribution in [-0.4, -0.2) is 50.1 Å². The van der Waals surface area contributed by atoms with Crippen molar-refractivity contribution in [2.24, 2.45) is 0 Å². The molecule has 3 heterocycles. The highest BCUT2D eigenvalue weighted by atomic mass is 16.5. The molecule has 2 amide bonds. The molecule has 31 heavy (non-hydrogen) atoms. The van der Waals surface area contributed by atoms with Crippen molar-refractivity contribution in [3.05, 3.63) is 66.0 Å². The lowest BCUT2D eigenvalue weighted by Crippen LogP contribution is -2.34. The minimum absolute atomic E-state index is 0.0227. The molecule has 1 aliphatic heterocycles. The van der Waals surface area contributed by atoms with Crippen molar-refractivity contribution in [2.75, 3.05) is 19.0 Å². The van der Waals surface area contributed by atoms with Gasteiger partial charge in [0.25, 0.3) is 5.91 Å². The summed E-state index contributed by atoms with van der Waals surface area (Å²) >= 11 is 0. The number of methoxy groups -OCH3 is 1. The maximum absolute atomic E-state index is 12.8. The largest absolute Gasteiger partial charge is 0.495 e. The van der Waals surface area contributed by atoms with Crippen molar-refractivity contribution >= 4 is 17.5 Å². The van der Waals surface area contributed by atoms with Gasteiger partial charge in [-0.3, -0.25) is 14.3 Å². The number of hydrogen-bond donors (Lipinski definition) is 1. The molecule has 1 saturated heterocycles. The van der Waals surface area contributed by atoms with Gasteiger partial charge in [0.15, 0.2) is 5.82 Å². The first-order valence-corrected chi connectivity index (χ1v) is 10.1. The summed E-state index contributed by atoms with van der Waals surface area (Å²) in [6, 6.07) is 8.78. The predicted molar refractivity (Wildman–Crippen MR) is 114 cm³/mol. The van der Waals surface area contributed by atoms with Crippen LogP contribution in [-0.2, 0) is 11.3 Å². The summed E-state index contributed by atoms with van der Waals surface area (Å²) in [6.45, 7) is 2.61. The van der Waals surface area contributed by atoms with Crippen LogP contribution in [0, 0.1) is 6.92 Å². The number of para-hydroxylation sites is 2. The molecule has 0 radical (unpaired) electrons. The van der Waals surface area contributed by atoms with Gasteiger partial charge in [-0.2, -0.15) is 5.10 Å². The first-order chi connectivity index (χ1) is 15.1. The quantitative estimate of drug-likeness (QED) is 0.658. The van der Waals surface area contributed by atoms with Gasteiger partial charge in [0.1, 0.15) is 12.3 Å². The number of amides is 2. The third kappa shape index (κ3) is 4.40. The first-order valence-electron chi connectivity index (χ1n) is 10.1. The molecule has 9 heteroatoms. The Morgan fingerprint density at radius 2 is 2.10 bits per heavy atom. The summed E-state index contributed by atoms with van der Waals surface area (Å²) < 4.78 is 6.89. The Kier molecular flexibility index (Phi) is 5.92. The molecule has 1 fully saturated rings. The zero-order valence-corrected chi connectivity index (χ0v) is 17.5. The average molecular weight is 420 g/mol. The molecule has 0 aliphatic carbocycles. The molecule has 160 valence electrons. The number of carbonyl (C=O) groups is 2. The summed E-state index contributed by atoms with van der Waals surface area (Å²) in [5.74, 6) is 0.790. The molecule has 1 atom stereocenters. The van der Waals surface area contributed by atoms with Crippen molar-refractivity contribution in [1.82, 2.24) is 24.6 Å². The molecule has 9 nitrogen and oxygen atoms in total. The Hall–Kier alpha value is -3.75. The lowest BCUT2D eigenvalue weighted by Gasteiger charge is -2.24. The van der Waals surface area contributed by atoms with Crippen molar-refractivity contribution in [1.29, 1.82) is 0 Å². The SMILES string of the molecule is COc1ccccc1NC(=O)c1cnc([C@H]2CCCN2C(=O)Cn2cccn2)nc1C. The van der Waals surface area contributed by atoms with Crippen LogP contribution in [0.25, 0.3) is 0 Å². The summed E-state index contributed by atoms with van der Waals surface area (Å²) in [5.41, 5.74) is 1.51. The molecule has 0 spiro atoms. The van der Waals surface area contributed by atoms with Crippen LogP contribution in [0.2, 0.25) is 0 Å². The highest BCUT2D eigenvalue weighted by molar-refractivity contribution is 6.05. The number of aryl methyl sites for hydroxylation is 1. The third-order valence-corrected chi connectivity index (χ3v) is 5.33. The highest BCUT2D eigenvalue weighted by Gasteiger charge is 2.32. The van der Waals surface area contributed by atoms with Crippen LogP contribution in [0.4, 0.5) is 5.69 Å². The van der Waals surface area contributed by atoms with E-state index in [1.807, 2.05) is 12.1 Å². The molecule has 1 aromatic carbocycles. The number of nitrogens with zero attached hydrogens (tertiary/aromatic N) is 5. The van der Waals surface area contributed by atoms with Crippen molar-refractivity contribution < 1.29 is 14.3 Å². The summed E-state index contributed by atoms with van der Waals surface area (Å²) in [4.78, 5) is 36.3. The van der Waals surface area contributed by atoms with E-state index in [4.69, 9.17) is 4.74 Å². The van der Waals surface area contributed by atoms with Gasteiger partial charge in [-0.25, -0.2) is 9.97 Å². The van der Waals surface area contributed by atoms with Crippen molar-refractivity contribution in [3.8, 4) is 5.75 Å². The van der Waals surface area contributed by atoms with Crippen LogP contribution in [0.1, 0.15) is 40.8 Å². The second-order valence-electron chi connectivity index (χ2n) is 7.33. The predicted octanol–water partition coefficient (Wildman–Crippen LogP) is 2.61. The lowest BCUT2D eigenvalue weighted by atomic mass is 10.1. The summed E-state index contributed by atoms with van der Waals surface area (Å²) in [5, 5.41) is 6.94. The Bertz CT molecular complexity index is 1080. The fourth-order valence-electron chi connectivity index (χ4n) is 3.76. The molecule has 1 aliphatic rings. The van der Waals surface area contributed by atoms with E-state index in [9.17, 15) is 9.59 Å². The molecule has 0 bridgehead atoms. The van der Waals surface area contributed by atoms with Crippen LogP contribution in [0.5, 0.6) is 5.75 Å². The third-order valence-electron chi connectivity index (χ3n) is 5.33. The molecular weight excluding hydrogens is 396 g/mol. The molecule has 0 unspecified atom stereocenters. The van der Waals surface area contributed by atoms with Gasteiger partial charge in [0.2, 0.25) is 5.91 Å². The zero-order valence-electron chi connectivity index (χ0n) is 17.5. The standard InChI is InChI=1S/C22H24N6O3/c1-15-16(22(30)26-17-7-3-4-9-19(17)31-2)13-23-21(25-15)18-8-5-12-28(18)20(29)14-27-11-6-10-24-27/h3-4,6-7,9-11,13,18H,5,8,12,14H2,1-2H3,(H,26,30)/t18-/m1/s1. The molecule has 4 rings (SSSR count). The second-order valence-corrected chi connectivity index (χ2v) is 7.33. The van der Waals surface area contributed by atoms with E-state index < -0.39 is 0 Å². The van der Waals surface area contributed by atoms with Gasteiger partial charge >= 0.3 is 0 Å². The number of anilines is 1. The maximum Gasteiger partial charge on any atom is 0.259 e. The number of rotatable bonds is 6. The zero-order chi connectivity index (χ0) is 21.8. The Labute approximate surface area is 180 Å². The Balaban J connectivity index is 1.50. The topological polar surface area (TPSA) is 102 Å². The van der Waals surface area contributed by atoms with E-state index >= 15 is 0 Å². The van der Waals surface area contributed by atoms with Gasteiger partial charge in [0, 0.05) is 25.1 Å². The minimum Gasteiger partial charge on any atom is -0.495 e. The average Bonchev–Trinajstić information content (AvgIpc) is 3.46. The molecule has 1 N–H and O–H groups in total. The smallest absolute Gasteiger partial charge is 0.259 e. The normalized spacial score (nSPS) is 15.7. The van der Waals surface area contributed by atoms with Crippen LogP contribution in [0.3, 0.4) is 0 Å². The van der Waals surface area contributed by atoms with E-state index in [-0.39, 0.29) is 24.4 Å². The van der Waals surface area contributed by atoms with Gasteiger partial charge in [-0.15, -0.1) is 0 Å². The molecule has 2 aromatic heterocycles. The fourth-order valence-corrected chi connectivity index (χ4v) is 3.76. The number of nitrogens with one attached hydrogen (secondary N) is 1. The fraction of sp³-hybridized carbons (Fsp3) is 0.318. The van der Waals surface area contributed by atoms with Gasteiger partial charge in [-0.1, -0.05) is 12.1 Å². The number of hydrogen-bond acceptors (Lipinski definition) is 6. The monoisotopic (exact) mass is 420 g/mol. The number of carbonyl (C=O) groups excluding carboxylic acids is 2. The first kappa shape index (κ1) is 20.5. The summed E-state index contributed by atoms with van der Waals surface area (Å²) in [7, 11) is 1.55. The molecule has 0 saturated carbocycles. The van der Waals surface area contributed by atoms with Gasteiger partial charge in [0.05, 0.1) is 30.1 Å². The minimum atomic E-state index is -0.313. The van der Waals surface area contributed by atoms with E-state index in [0.717, 1.165) is 12.8 Å². The van der Waals surface area contributed by atoms with Crippen molar-refractivity contribution in [2.45, 2.75) is 32.4 Å². The Morgan fingerprint density at radius 3 is 2.84 bits per heavy atom. The maximum atomic E-state index is 12.8. The number of aromatic nitrogens is 4. The highest BCUT2D eigenvalue weighted by Crippen LogP contribution is 2.30. The van der Waals surface area contributed by atoms with E-state index in [2.05, 4.69) is 20.4 Å². The lowest BCUT2D eigenvalue weighted by molar-refractivity contribution is -0.133. The van der Waals surface area contributed by atoms with Crippen LogP contribution < -0.4 is 10.1 Å². The number of likely N-dealkylation sites (tertiary alicyclic amines) is 1. The van der Waals surface area contributed by atoms with E-state index in [1.54, 1.807) is 54.2 Å². The molecular formula is C22H24N6O3. The van der Waals surface area contributed by atoms with Gasteiger partial charge < -0.3 is 15.0 Å². The Morgan fingerprint density at radius 1 is 1.26 bits per heavy atom. The van der Waals surface area contributed by atoms with Crippen LogP contribution in [0.15, 0.2) is 48.9 Å². The second kappa shape index (κ2) is 8.95. The van der Waals surface area contributed by atoms with Crippen LogP contribution >= 0.6 is 0 Å². The number of ether oxygens (including phenoxy) is 1. The molecule has 3 aromatic rings. The van der Waals surface area contributed by atoms with Gasteiger partial charge in [-0.05, 0) is 38.0 Å². The van der Waals surface area contributed by atoms with E-state index in [1.165, 1.54) is 6.20 Å². The summed E-state index contributed by atoms with van der Waals surface area (Å²) in [6.07, 6.45) is 6.61.